The van der Waals surface area contributed by atoms with Crippen LogP contribution in [0, 0.1) is 0 Å². The minimum Gasteiger partial charge on any atom is -0.0991 e. The predicted octanol–water partition coefficient (Wildman–Crippen LogP) is 8.09. The van der Waals surface area contributed by atoms with Gasteiger partial charge in [-0.3, -0.25) is 0 Å². The van der Waals surface area contributed by atoms with Gasteiger partial charge < -0.3 is 0 Å². The van der Waals surface area contributed by atoms with E-state index >= 15 is 0 Å². The molecule has 0 nitrogen and oxygen atoms in total. The summed E-state index contributed by atoms with van der Waals surface area (Å²) in [6, 6.07) is 0. The van der Waals surface area contributed by atoms with Gasteiger partial charge in [0, 0.05) is 0 Å². The Balaban J connectivity index is 3.91. The molecule has 0 N–H and O–H groups in total. The van der Waals surface area contributed by atoms with Crippen LogP contribution in [-0.4, -0.2) is 0 Å². The first-order valence-electron chi connectivity index (χ1n) is 9.36. The van der Waals surface area contributed by atoms with Crippen LogP contribution in [0.2, 0.25) is 0 Å². The van der Waals surface area contributed by atoms with Crippen LogP contribution in [0.25, 0.3) is 0 Å². The van der Waals surface area contributed by atoms with Crippen LogP contribution in [0.3, 0.4) is 0 Å². The molecule has 0 amide bonds. The average molecular weight is 357 g/mol. The van der Waals surface area contributed by atoms with Crippen LogP contribution >= 0.6 is 0 Å². The molecule has 0 heterocycles. The highest BCUT2D eigenvalue weighted by Gasteiger charge is 1.69. The van der Waals surface area contributed by atoms with Crippen molar-refractivity contribution in [3.63, 3.8) is 0 Å². The molecule has 0 aliphatic carbocycles. The molecule has 140 valence electrons. The first kappa shape index (κ1) is 23.9. The molecule has 0 bridgehead atoms. The van der Waals surface area contributed by atoms with Crippen molar-refractivity contribution in [3.05, 3.63) is 146 Å². The molecule has 0 saturated heterocycles. The summed E-state index contributed by atoms with van der Waals surface area (Å²) >= 11 is 0. The first-order chi connectivity index (χ1) is 13.4. The lowest BCUT2D eigenvalue weighted by molar-refractivity contribution is 0.959. The monoisotopic (exact) mass is 356 g/mol. The SMILES string of the molecule is C=CC=CC=CC=CC=CC=CC=CC=CC=CC=CC=CC=CCCC. The number of hydrogen-bond donors (Lipinski definition) is 0. The smallest absolute Gasteiger partial charge is 0.0350 e. The van der Waals surface area contributed by atoms with Gasteiger partial charge in [-0.15, -0.1) is 0 Å². The molecule has 0 saturated carbocycles. The summed E-state index contributed by atoms with van der Waals surface area (Å²) in [6.07, 6.45) is 48.2. The van der Waals surface area contributed by atoms with Gasteiger partial charge in [0.1, 0.15) is 0 Å². The number of unbranched alkanes of at least 4 members (excludes halogenated alkanes) is 1. The highest BCUT2D eigenvalue weighted by molar-refractivity contribution is 5.23. The van der Waals surface area contributed by atoms with E-state index < -0.39 is 0 Å². The third-order valence-electron chi connectivity index (χ3n) is 2.95. The van der Waals surface area contributed by atoms with Crippen LogP contribution < -0.4 is 0 Å². The Morgan fingerprint density at radius 3 is 0.926 bits per heavy atom. The van der Waals surface area contributed by atoms with Crippen LogP contribution in [0.5, 0.6) is 0 Å². The van der Waals surface area contributed by atoms with Crippen LogP contribution in [-0.2, 0) is 0 Å². The summed E-state index contributed by atoms with van der Waals surface area (Å²) in [5, 5.41) is 0. The third-order valence-corrected chi connectivity index (χ3v) is 2.95. The second kappa shape index (κ2) is 22.9. The Morgan fingerprint density at radius 2 is 0.667 bits per heavy atom. The highest BCUT2D eigenvalue weighted by atomic mass is 13.8. The first-order valence-corrected chi connectivity index (χ1v) is 9.36. The molecular weight excluding hydrogens is 324 g/mol. The maximum atomic E-state index is 3.61. The highest BCUT2D eigenvalue weighted by Crippen LogP contribution is 1.90. The quantitative estimate of drug-likeness (QED) is 0.292. The fourth-order valence-corrected chi connectivity index (χ4v) is 1.64. The van der Waals surface area contributed by atoms with Gasteiger partial charge in [0.15, 0.2) is 0 Å². The number of rotatable bonds is 13. The third kappa shape index (κ3) is 22.9. The lowest BCUT2D eigenvalue weighted by Crippen LogP contribution is -1.58. The van der Waals surface area contributed by atoms with Crippen LogP contribution in [0.4, 0.5) is 0 Å². The van der Waals surface area contributed by atoms with Gasteiger partial charge in [-0.2, -0.15) is 0 Å². The van der Waals surface area contributed by atoms with Gasteiger partial charge in [0.25, 0.3) is 0 Å². The zero-order valence-corrected chi connectivity index (χ0v) is 16.4. The zero-order valence-electron chi connectivity index (χ0n) is 16.4. The maximum Gasteiger partial charge on any atom is -0.0350 e. The van der Waals surface area contributed by atoms with E-state index in [-0.39, 0.29) is 0 Å². The van der Waals surface area contributed by atoms with Crippen molar-refractivity contribution in [2.45, 2.75) is 19.8 Å². The normalized spacial score (nSPS) is 14.4. The van der Waals surface area contributed by atoms with Crippen molar-refractivity contribution in [2.75, 3.05) is 0 Å². The lowest BCUT2D eigenvalue weighted by atomic mass is 10.3. The fraction of sp³-hybridized carbons (Fsp3) is 0.111. The van der Waals surface area contributed by atoms with Crippen molar-refractivity contribution in [1.82, 2.24) is 0 Å². The van der Waals surface area contributed by atoms with E-state index in [4.69, 9.17) is 0 Å². The van der Waals surface area contributed by atoms with Crippen molar-refractivity contribution >= 4 is 0 Å². The van der Waals surface area contributed by atoms with Crippen molar-refractivity contribution < 1.29 is 0 Å². The van der Waals surface area contributed by atoms with Gasteiger partial charge in [0.05, 0.1) is 0 Å². The molecule has 0 aromatic heterocycles. The molecule has 0 unspecified atom stereocenters. The Bertz CT molecular complexity index is 663. The molecular formula is C27H32. The molecule has 0 aromatic rings. The summed E-state index contributed by atoms with van der Waals surface area (Å²) in [4.78, 5) is 0. The van der Waals surface area contributed by atoms with Crippen molar-refractivity contribution in [3.8, 4) is 0 Å². The Hall–Kier alpha value is -3.12. The molecule has 0 radical (unpaired) electrons. The second-order valence-electron chi connectivity index (χ2n) is 5.30. The average Bonchev–Trinajstić information content (AvgIpc) is 2.68. The Kier molecular flexibility index (Phi) is 20.2. The van der Waals surface area contributed by atoms with Crippen LogP contribution in [0.1, 0.15) is 19.8 Å². The zero-order chi connectivity index (χ0) is 19.7. The predicted molar refractivity (Wildman–Crippen MR) is 126 cm³/mol. The standard InChI is InChI=1S/C27H32/c1-3-5-7-9-11-13-15-17-19-21-23-25-27-26-24-22-20-18-16-14-12-10-8-6-4-2/h3,5,7-27H,1,4,6H2,2H3. The molecule has 0 spiro atoms. The lowest BCUT2D eigenvalue weighted by Gasteiger charge is -1.79. The fourth-order valence-electron chi connectivity index (χ4n) is 1.64. The topological polar surface area (TPSA) is 0 Å². The van der Waals surface area contributed by atoms with Crippen molar-refractivity contribution in [1.29, 1.82) is 0 Å². The van der Waals surface area contributed by atoms with Gasteiger partial charge in [-0.05, 0) is 6.42 Å². The van der Waals surface area contributed by atoms with Crippen LogP contribution in [0.15, 0.2) is 146 Å². The van der Waals surface area contributed by atoms with E-state index in [1.165, 1.54) is 6.42 Å². The second-order valence-corrected chi connectivity index (χ2v) is 5.30. The summed E-state index contributed by atoms with van der Waals surface area (Å²) in [5.74, 6) is 0. The van der Waals surface area contributed by atoms with E-state index in [2.05, 4.69) is 25.7 Å². The summed E-state index contributed by atoms with van der Waals surface area (Å²) < 4.78 is 0. The Morgan fingerprint density at radius 1 is 0.407 bits per heavy atom. The summed E-state index contributed by atoms with van der Waals surface area (Å²) in [6.45, 7) is 5.79. The van der Waals surface area contributed by atoms with Gasteiger partial charge in [-0.1, -0.05) is 160 Å². The molecule has 0 aliphatic rings. The Labute approximate surface area is 166 Å². The minimum atomic E-state index is 1.14. The number of hydrogen-bond acceptors (Lipinski definition) is 0. The van der Waals surface area contributed by atoms with E-state index in [9.17, 15) is 0 Å². The van der Waals surface area contributed by atoms with E-state index in [0.29, 0.717) is 0 Å². The molecule has 0 aliphatic heterocycles. The van der Waals surface area contributed by atoms with Gasteiger partial charge in [-0.25, -0.2) is 0 Å². The van der Waals surface area contributed by atoms with Gasteiger partial charge >= 0.3 is 0 Å². The van der Waals surface area contributed by atoms with Crippen molar-refractivity contribution in [2.24, 2.45) is 0 Å². The largest absolute Gasteiger partial charge is 0.0991 e. The molecule has 0 heteroatoms. The minimum absolute atomic E-state index is 1.14. The summed E-state index contributed by atoms with van der Waals surface area (Å²) in [5.41, 5.74) is 0. The molecule has 27 heavy (non-hydrogen) atoms. The van der Waals surface area contributed by atoms with E-state index in [1.807, 2.05) is 122 Å². The van der Waals surface area contributed by atoms with Gasteiger partial charge in [0.2, 0.25) is 0 Å². The van der Waals surface area contributed by atoms with E-state index in [1.54, 1.807) is 6.08 Å². The molecule has 0 atom stereocenters. The van der Waals surface area contributed by atoms with E-state index in [0.717, 1.165) is 6.42 Å². The molecule has 0 fully saturated rings. The maximum absolute atomic E-state index is 3.61. The number of allylic oxidation sites excluding steroid dienone is 23. The molecule has 0 aromatic carbocycles. The summed E-state index contributed by atoms with van der Waals surface area (Å²) in [7, 11) is 0. The molecule has 0 rings (SSSR count).